The fourth-order valence-corrected chi connectivity index (χ4v) is 1.62. The Morgan fingerprint density at radius 1 is 1.06 bits per heavy atom. The molecular weight excluding hydrogens is 206 g/mol. The molecule has 1 rings (SSSR count). The molecule has 1 heteroatoms. The van der Waals surface area contributed by atoms with E-state index in [1.54, 1.807) is 0 Å². The molecule has 17 heavy (non-hydrogen) atoms. The summed E-state index contributed by atoms with van der Waals surface area (Å²) in [5.74, 6) is 0. The van der Waals surface area contributed by atoms with Gasteiger partial charge in [-0.15, -0.1) is 0 Å². The number of unbranched alkanes of at least 4 members (excludes halogenated alkanes) is 3. The van der Waals surface area contributed by atoms with Gasteiger partial charge >= 0.3 is 0 Å². The molecule has 0 spiro atoms. The van der Waals surface area contributed by atoms with Crippen LogP contribution in [-0.4, -0.2) is 6.21 Å². The maximum atomic E-state index is 4.43. The number of nitrogens with zero attached hydrogens (tertiary/aromatic N) is 1. The van der Waals surface area contributed by atoms with Crippen LogP contribution in [0.25, 0.3) is 0 Å². The molecule has 1 nitrogen and oxygen atoms in total. The summed E-state index contributed by atoms with van der Waals surface area (Å²) in [6, 6.07) is 10.4. The summed E-state index contributed by atoms with van der Waals surface area (Å²) in [7, 11) is 0. The standard InChI is InChI=1S/C16H23N/c1-15(2)10-6-3-4-9-13-17-14-16-11-7-5-8-12-16/h5,7-8,10-13H,3-4,6,9,14H2,1-2H3. The second kappa shape index (κ2) is 8.74. The van der Waals surface area contributed by atoms with E-state index in [2.05, 4.69) is 55.4 Å². The van der Waals surface area contributed by atoms with E-state index in [1.165, 1.54) is 30.4 Å². The molecule has 1 aromatic carbocycles. The Bertz CT molecular complexity index is 345. The normalized spacial score (nSPS) is 10.7. The van der Waals surface area contributed by atoms with Crippen LogP contribution >= 0.6 is 0 Å². The number of aliphatic imine (C=N–C) groups is 1. The molecule has 0 N–H and O–H groups in total. The molecule has 0 saturated carbocycles. The van der Waals surface area contributed by atoms with Crippen molar-refractivity contribution >= 4 is 6.21 Å². The SMILES string of the molecule is CC(C)=CCCCCC=NCc1ccccc1. The fourth-order valence-electron chi connectivity index (χ4n) is 1.62. The van der Waals surface area contributed by atoms with Crippen molar-refractivity contribution in [1.82, 2.24) is 0 Å². The van der Waals surface area contributed by atoms with Gasteiger partial charge in [0.05, 0.1) is 6.54 Å². The number of hydrogen-bond donors (Lipinski definition) is 0. The topological polar surface area (TPSA) is 12.4 Å². The van der Waals surface area contributed by atoms with Crippen LogP contribution in [0.4, 0.5) is 0 Å². The second-order valence-corrected chi connectivity index (χ2v) is 4.57. The zero-order valence-corrected chi connectivity index (χ0v) is 11.0. The van der Waals surface area contributed by atoms with Gasteiger partial charge in [0.15, 0.2) is 0 Å². The summed E-state index contributed by atoms with van der Waals surface area (Å²) in [6.07, 6.45) is 9.18. The first-order valence-corrected chi connectivity index (χ1v) is 6.44. The van der Waals surface area contributed by atoms with E-state index in [4.69, 9.17) is 0 Å². The average molecular weight is 229 g/mol. The van der Waals surface area contributed by atoms with Crippen LogP contribution in [0.5, 0.6) is 0 Å². The van der Waals surface area contributed by atoms with Gasteiger partial charge in [0.2, 0.25) is 0 Å². The summed E-state index contributed by atoms with van der Waals surface area (Å²) in [4.78, 5) is 4.43. The van der Waals surface area contributed by atoms with Gasteiger partial charge in [-0.2, -0.15) is 0 Å². The van der Waals surface area contributed by atoms with E-state index in [-0.39, 0.29) is 0 Å². The Balaban J connectivity index is 2.05. The molecule has 0 saturated heterocycles. The molecule has 0 unspecified atom stereocenters. The summed E-state index contributed by atoms with van der Waals surface area (Å²) in [5, 5.41) is 0. The van der Waals surface area contributed by atoms with Crippen LogP contribution in [0.2, 0.25) is 0 Å². The van der Waals surface area contributed by atoms with Crippen LogP contribution in [0, 0.1) is 0 Å². The summed E-state index contributed by atoms with van der Waals surface area (Å²) in [6.45, 7) is 5.12. The predicted octanol–water partition coefficient (Wildman–Crippen LogP) is 4.78. The molecule has 0 radical (unpaired) electrons. The quantitative estimate of drug-likeness (QED) is 0.362. The minimum absolute atomic E-state index is 0.814. The molecule has 1 aromatic rings. The highest BCUT2D eigenvalue weighted by Gasteiger charge is 1.87. The Hall–Kier alpha value is -1.37. The first-order chi connectivity index (χ1) is 8.29. The zero-order valence-electron chi connectivity index (χ0n) is 11.0. The van der Waals surface area contributed by atoms with Gasteiger partial charge in [-0.05, 0) is 51.3 Å². The Labute approximate surface area is 105 Å². The minimum Gasteiger partial charge on any atom is -0.293 e. The molecule has 0 heterocycles. The monoisotopic (exact) mass is 229 g/mol. The van der Waals surface area contributed by atoms with Crippen LogP contribution in [0.1, 0.15) is 45.1 Å². The maximum Gasteiger partial charge on any atom is 0.0635 e. The van der Waals surface area contributed by atoms with E-state index < -0.39 is 0 Å². The lowest BCUT2D eigenvalue weighted by Crippen LogP contribution is -1.82. The highest BCUT2D eigenvalue weighted by molar-refractivity contribution is 5.57. The van der Waals surface area contributed by atoms with Gasteiger partial charge in [0.1, 0.15) is 0 Å². The highest BCUT2D eigenvalue weighted by Crippen LogP contribution is 2.03. The van der Waals surface area contributed by atoms with Crippen molar-refractivity contribution in [1.29, 1.82) is 0 Å². The van der Waals surface area contributed by atoms with Crippen molar-refractivity contribution in [2.24, 2.45) is 4.99 Å². The van der Waals surface area contributed by atoms with E-state index in [1.807, 2.05) is 6.07 Å². The molecule has 0 aliphatic rings. The predicted molar refractivity (Wildman–Crippen MR) is 76.5 cm³/mol. The van der Waals surface area contributed by atoms with Gasteiger partial charge in [0, 0.05) is 0 Å². The van der Waals surface area contributed by atoms with E-state index in [0.717, 1.165) is 13.0 Å². The average Bonchev–Trinajstić information content (AvgIpc) is 2.33. The Kier molecular flexibility index (Phi) is 7.04. The van der Waals surface area contributed by atoms with Crippen LogP contribution < -0.4 is 0 Å². The van der Waals surface area contributed by atoms with Gasteiger partial charge < -0.3 is 0 Å². The minimum atomic E-state index is 0.814. The molecule has 0 aliphatic carbocycles. The molecule has 0 fully saturated rings. The summed E-state index contributed by atoms with van der Waals surface area (Å²) >= 11 is 0. The maximum absolute atomic E-state index is 4.43. The van der Waals surface area contributed by atoms with Crippen LogP contribution in [0.15, 0.2) is 47.0 Å². The van der Waals surface area contributed by atoms with Crippen molar-refractivity contribution < 1.29 is 0 Å². The Morgan fingerprint density at radius 2 is 1.76 bits per heavy atom. The third-order valence-corrected chi connectivity index (χ3v) is 2.59. The van der Waals surface area contributed by atoms with Crippen molar-refractivity contribution in [2.45, 2.75) is 46.1 Å². The third-order valence-electron chi connectivity index (χ3n) is 2.59. The molecule has 0 bridgehead atoms. The largest absolute Gasteiger partial charge is 0.293 e. The van der Waals surface area contributed by atoms with Crippen molar-refractivity contribution in [3.63, 3.8) is 0 Å². The molecule has 0 amide bonds. The summed E-state index contributed by atoms with van der Waals surface area (Å²) < 4.78 is 0. The number of hydrogen-bond acceptors (Lipinski definition) is 1. The highest BCUT2D eigenvalue weighted by atomic mass is 14.7. The summed E-state index contributed by atoms with van der Waals surface area (Å²) in [5.41, 5.74) is 2.70. The van der Waals surface area contributed by atoms with Gasteiger partial charge in [0.25, 0.3) is 0 Å². The second-order valence-electron chi connectivity index (χ2n) is 4.57. The smallest absolute Gasteiger partial charge is 0.0635 e. The van der Waals surface area contributed by atoms with Crippen molar-refractivity contribution in [2.75, 3.05) is 0 Å². The van der Waals surface area contributed by atoms with Gasteiger partial charge in [-0.3, -0.25) is 4.99 Å². The molecule has 0 aliphatic heterocycles. The zero-order chi connectivity index (χ0) is 12.3. The third kappa shape index (κ3) is 7.51. The first-order valence-electron chi connectivity index (χ1n) is 6.44. The molecule has 0 atom stereocenters. The van der Waals surface area contributed by atoms with Crippen LogP contribution in [-0.2, 0) is 6.54 Å². The molecule has 0 aromatic heterocycles. The van der Waals surface area contributed by atoms with E-state index >= 15 is 0 Å². The molecule has 92 valence electrons. The van der Waals surface area contributed by atoms with Gasteiger partial charge in [-0.1, -0.05) is 42.0 Å². The lowest BCUT2D eigenvalue weighted by atomic mass is 10.1. The Morgan fingerprint density at radius 3 is 2.47 bits per heavy atom. The van der Waals surface area contributed by atoms with Gasteiger partial charge in [-0.25, -0.2) is 0 Å². The number of benzene rings is 1. The molecular formula is C16H23N. The van der Waals surface area contributed by atoms with Crippen molar-refractivity contribution in [3.05, 3.63) is 47.5 Å². The lowest BCUT2D eigenvalue weighted by Gasteiger charge is -1.96. The first kappa shape index (κ1) is 13.7. The fraction of sp³-hybridized carbons (Fsp3) is 0.438. The number of rotatable bonds is 7. The van der Waals surface area contributed by atoms with E-state index in [9.17, 15) is 0 Å². The van der Waals surface area contributed by atoms with Crippen molar-refractivity contribution in [3.8, 4) is 0 Å². The van der Waals surface area contributed by atoms with Crippen LogP contribution in [0.3, 0.4) is 0 Å². The lowest BCUT2D eigenvalue weighted by molar-refractivity contribution is 0.778. The number of allylic oxidation sites excluding steroid dienone is 2. The van der Waals surface area contributed by atoms with E-state index in [0.29, 0.717) is 0 Å².